The van der Waals surface area contributed by atoms with Gasteiger partial charge in [-0.25, -0.2) is 0 Å². The Morgan fingerprint density at radius 3 is 2.54 bits per heavy atom. The van der Waals surface area contributed by atoms with Crippen molar-refractivity contribution in [2.75, 3.05) is 12.4 Å². The summed E-state index contributed by atoms with van der Waals surface area (Å²) < 4.78 is 5.32. The molecule has 1 aromatic heterocycles. The lowest BCUT2D eigenvalue weighted by atomic mass is 10.1. The van der Waals surface area contributed by atoms with E-state index in [1.54, 1.807) is 23.0 Å². The molecule has 0 spiro atoms. The van der Waals surface area contributed by atoms with Gasteiger partial charge in [-0.2, -0.15) is 0 Å². The number of aryl methyl sites for hydroxylation is 1. The van der Waals surface area contributed by atoms with Gasteiger partial charge in [-0.05, 0) is 54.3 Å². The zero-order valence-corrected chi connectivity index (χ0v) is 20.4. The minimum absolute atomic E-state index is 0.313. The highest BCUT2D eigenvalue weighted by molar-refractivity contribution is 6.36. The van der Waals surface area contributed by atoms with Crippen LogP contribution in [0.2, 0.25) is 10.0 Å². The number of anilines is 1. The molecule has 1 N–H and O–H groups in total. The number of benzene rings is 4. The summed E-state index contributed by atoms with van der Waals surface area (Å²) in [5.41, 5.74) is 4.42. The summed E-state index contributed by atoms with van der Waals surface area (Å²) in [7, 11) is 1.51. The SMILES string of the molecule is COc1c(Cl)cc(Cl)cc1C=CC(=O)Nc1cc2nn(-c3cccc4ccccc34)nc2cc1C. The van der Waals surface area contributed by atoms with E-state index in [4.69, 9.17) is 27.9 Å². The van der Waals surface area contributed by atoms with Gasteiger partial charge in [0, 0.05) is 27.7 Å². The predicted octanol–water partition coefficient (Wildman–Crippen LogP) is 6.85. The number of rotatable bonds is 5. The molecule has 0 aliphatic heterocycles. The average Bonchev–Trinajstić information content (AvgIpc) is 3.24. The molecule has 0 aliphatic rings. The average molecular weight is 503 g/mol. The number of hydrogen-bond donors (Lipinski definition) is 1. The van der Waals surface area contributed by atoms with Crippen LogP contribution >= 0.6 is 23.2 Å². The van der Waals surface area contributed by atoms with Crippen LogP contribution in [0.1, 0.15) is 11.1 Å². The lowest BCUT2D eigenvalue weighted by Crippen LogP contribution is -2.09. The number of aromatic nitrogens is 3. The Hall–Kier alpha value is -3.87. The fourth-order valence-electron chi connectivity index (χ4n) is 3.95. The molecule has 35 heavy (non-hydrogen) atoms. The first-order chi connectivity index (χ1) is 16.9. The van der Waals surface area contributed by atoms with Crippen LogP contribution < -0.4 is 10.1 Å². The lowest BCUT2D eigenvalue weighted by Gasteiger charge is -2.08. The van der Waals surface area contributed by atoms with Gasteiger partial charge in [0.15, 0.2) is 0 Å². The molecule has 0 atom stereocenters. The third-order valence-corrected chi connectivity index (χ3v) is 6.12. The van der Waals surface area contributed by atoms with Crippen molar-refractivity contribution >= 4 is 62.7 Å². The highest BCUT2D eigenvalue weighted by Crippen LogP contribution is 2.33. The van der Waals surface area contributed by atoms with E-state index in [9.17, 15) is 4.79 Å². The van der Waals surface area contributed by atoms with E-state index in [0.29, 0.717) is 32.6 Å². The number of ether oxygens (including phenoxy) is 1. The van der Waals surface area contributed by atoms with Crippen LogP contribution in [0.5, 0.6) is 5.75 Å². The van der Waals surface area contributed by atoms with E-state index >= 15 is 0 Å². The number of nitrogens with one attached hydrogen (secondary N) is 1. The first kappa shape index (κ1) is 22.9. The molecule has 1 amide bonds. The summed E-state index contributed by atoms with van der Waals surface area (Å²) in [5.74, 6) is 0.134. The minimum atomic E-state index is -0.313. The number of hydrogen-bond acceptors (Lipinski definition) is 4. The summed E-state index contributed by atoms with van der Waals surface area (Å²) in [6.45, 7) is 1.91. The second-order valence-corrected chi connectivity index (χ2v) is 8.82. The van der Waals surface area contributed by atoms with Crippen LogP contribution in [0.3, 0.4) is 0 Å². The second kappa shape index (κ2) is 9.41. The largest absolute Gasteiger partial charge is 0.495 e. The Balaban J connectivity index is 1.43. The number of nitrogens with zero attached hydrogens (tertiary/aromatic N) is 3. The summed E-state index contributed by atoms with van der Waals surface area (Å²) in [6, 6.07) is 21.1. The van der Waals surface area contributed by atoms with Crippen LogP contribution in [-0.4, -0.2) is 28.0 Å². The first-order valence-electron chi connectivity index (χ1n) is 10.8. The predicted molar refractivity (Wildman–Crippen MR) is 142 cm³/mol. The van der Waals surface area contributed by atoms with Gasteiger partial charge >= 0.3 is 0 Å². The zero-order chi connectivity index (χ0) is 24.5. The molecular weight excluding hydrogens is 483 g/mol. The maximum atomic E-state index is 12.7. The van der Waals surface area contributed by atoms with Crippen LogP contribution in [0.4, 0.5) is 5.69 Å². The van der Waals surface area contributed by atoms with Crippen molar-refractivity contribution in [3.63, 3.8) is 0 Å². The first-order valence-corrected chi connectivity index (χ1v) is 11.6. The molecule has 5 aromatic rings. The van der Waals surface area contributed by atoms with Gasteiger partial charge in [0.25, 0.3) is 0 Å². The van der Waals surface area contributed by atoms with Crippen LogP contribution in [-0.2, 0) is 4.79 Å². The standard InChI is InChI=1S/C27H20Cl2N4O2/c1-16-12-23-24(32-33(31-23)25-9-5-7-17-6-3-4-8-20(17)25)15-22(16)30-26(34)11-10-18-13-19(28)14-21(29)27(18)35-2/h3-15H,1-2H3,(H,30,34). The number of amides is 1. The van der Waals surface area contributed by atoms with Crippen molar-refractivity contribution in [1.82, 2.24) is 15.0 Å². The molecule has 5 rings (SSSR count). The van der Waals surface area contributed by atoms with Gasteiger partial charge in [-0.1, -0.05) is 59.6 Å². The molecule has 0 unspecified atom stereocenters. The van der Waals surface area contributed by atoms with Gasteiger partial charge in [0.05, 0.1) is 17.8 Å². The molecule has 0 bridgehead atoms. The molecule has 8 heteroatoms. The van der Waals surface area contributed by atoms with E-state index < -0.39 is 0 Å². The number of carbonyl (C=O) groups excluding carboxylic acids is 1. The summed E-state index contributed by atoms with van der Waals surface area (Å²) >= 11 is 12.3. The maximum Gasteiger partial charge on any atom is 0.248 e. The number of halogens is 2. The van der Waals surface area contributed by atoms with E-state index in [1.165, 1.54) is 13.2 Å². The van der Waals surface area contributed by atoms with Gasteiger partial charge in [0.2, 0.25) is 5.91 Å². The van der Waals surface area contributed by atoms with Crippen molar-refractivity contribution in [3.05, 3.63) is 94.0 Å². The Bertz CT molecular complexity index is 1620. The Morgan fingerprint density at radius 1 is 1.00 bits per heavy atom. The lowest BCUT2D eigenvalue weighted by molar-refractivity contribution is -0.111. The normalized spacial score (nSPS) is 11.4. The molecule has 6 nitrogen and oxygen atoms in total. The van der Waals surface area contributed by atoms with Crippen LogP contribution in [0.25, 0.3) is 33.6 Å². The third kappa shape index (κ3) is 4.58. The molecular formula is C27H20Cl2N4O2. The number of carbonyl (C=O) groups is 1. The fraction of sp³-hybridized carbons (Fsp3) is 0.0741. The molecule has 0 radical (unpaired) electrons. The molecule has 174 valence electrons. The maximum absolute atomic E-state index is 12.7. The van der Waals surface area contributed by atoms with Gasteiger partial charge in [0.1, 0.15) is 16.8 Å². The summed E-state index contributed by atoms with van der Waals surface area (Å²) in [4.78, 5) is 14.3. The van der Waals surface area contributed by atoms with Crippen molar-refractivity contribution < 1.29 is 9.53 Å². The third-order valence-electron chi connectivity index (χ3n) is 5.62. The van der Waals surface area contributed by atoms with Crippen molar-refractivity contribution in [2.45, 2.75) is 6.92 Å². The molecule has 0 fully saturated rings. The molecule has 1 heterocycles. The molecule has 4 aromatic carbocycles. The molecule has 0 aliphatic carbocycles. The van der Waals surface area contributed by atoms with Crippen LogP contribution in [0, 0.1) is 6.92 Å². The van der Waals surface area contributed by atoms with E-state index in [1.807, 2.05) is 49.4 Å². The Morgan fingerprint density at radius 2 is 1.74 bits per heavy atom. The minimum Gasteiger partial charge on any atom is -0.495 e. The smallest absolute Gasteiger partial charge is 0.248 e. The van der Waals surface area contributed by atoms with Crippen molar-refractivity contribution in [3.8, 4) is 11.4 Å². The topological polar surface area (TPSA) is 69.0 Å². The van der Waals surface area contributed by atoms with Gasteiger partial charge < -0.3 is 10.1 Å². The fourth-order valence-corrected chi connectivity index (χ4v) is 4.54. The second-order valence-electron chi connectivity index (χ2n) is 7.98. The highest BCUT2D eigenvalue weighted by Gasteiger charge is 2.12. The van der Waals surface area contributed by atoms with Crippen molar-refractivity contribution in [2.24, 2.45) is 0 Å². The Kier molecular flexibility index (Phi) is 6.16. The van der Waals surface area contributed by atoms with E-state index in [-0.39, 0.29) is 5.91 Å². The van der Waals surface area contributed by atoms with Crippen molar-refractivity contribution in [1.29, 1.82) is 0 Å². The number of fused-ring (bicyclic) bond motifs is 2. The zero-order valence-electron chi connectivity index (χ0n) is 18.9. The quantitative estimate of drug-likeness (QED) is 0.267. The monoisotopic (exact) mass is 502 g/mol. The van der Waals surface area contributed by atoms with Gasteiger partial charge in [-0.3, -0.25) is 4.79 Å². The van der Waals surface area contributed by atoms with E-state index in [2.05, 4.69) is 27.6 Å². The molecule has 0 saturated heterocycles. The summed E-state index contributed by atoms with van der Waals surface area (Å²) in [5, 5.41) is 15.2. The molecule has 0 saturated carbocycles. The summed E-state index contributed by atoms with van der Waals surface area (Å²) in [6.07, 6.45) is 3.01. The van der Waals surface area contributed by atoms with Crippen LogP contribution in [0.15, 0.2) is 72.8 Å². The highest BCUT2D eigenvalue weighted by atomic mass is 35.5. The Labute approximate surface area is 211 Å². The number of methoxy groups -OCH3 is 1. The van der Waals surface area contributed by atoms with Gasteiger partial charge in [-0.15, -0.1) is 15.0 Å². The van der Waals surface area contributed by atoms with E-state index in [0.717, 1.165) is 27.5 Å².